The summed E-state index contributed by atoms with van der Waals surface area (Å²) in [7, 11) is 1.26. The molecule has 2 amide bonds. The average Bonchev–Trinajstić information content (AvgIpc) is 3.45. The van der Waals surface area contributed by atoms with E-state index in [-0.39, 0.29) is 17.7 Å². The molecule has 0 bridgehead atoms. The quantitative estimate of drug-likeness (QED) is 0.0927. The van der Waals surface area contributed by atoms with Gasteiger partial charge in [0.05, 0.1) is 37.1 Å². The number of ether oxygens (including phenoxy) is 3. The molecule has 3 aromatic rings. The minimum Gasteiger partial charge on any atom is -0.490 e. The van der Waals surface area contributed by atoms with Crippen molar-refractivity contribution in [3.05, 3.63) is 82.8 Å². The first-order valence-electron chi connectivity index (χ1n) is 12.9. The standard InChI is InChI=1S/C29H30N4O9/c1-4-40-23-13-18(26-25(28(37)39-3)16(2)31-29(38)32-26)8-10-22(23)41-15-24(34)33-30-14-20-9-11-21(42-20)17-6-5-7-19(12-17)27(35)36/h5-14,24,26,33-34H,4,15H2,1-3H3,(H,35,36)(H2,31,32,38)/b30-14+/t24-,26+/m1/s1. The van der Waals surface area contributed by atoms with Gasteiger partial charge in [-0.05, 0) is 55.8 Å². The lowest BCUT2D eigenvalue weighted by atomic mass is 9.95. The Labute approximate surface area is 240 Å². The zero-order chi connectivity index (χ0) is 30.2. The van der Waals surface area contributed by atoms with Crippen LogP contribution in [0.4, 0.5) is 4.79 Å². The number of hydrazone groups is 1. The average molecular weight is 579 g/mol. The molecule has 0 unspecified atom stereocenters. The van der Waals surface area contributed by atoms with Crippen LogP contribution in [0.2, 0.25) is 0 Å². The van der Waals surface area contributed by atoms with Gasteiger partial charge in [-0.15, -0.1) is 0 Å². The second-order valence-corrected chi connectivity index (χ2v) is 9.00. The van der Waals surface area contributed by atoms with Crippen molar-refractivity contribution in [3.63, 3.8) is 0 Å². The second kappa shape index (κ2) is 13.4. The van der Waals surface area contributed by atoms with Gasteiger partial charge in [0.25, 0.3) is 0 Å². The first kappa shape index (κ1) is 29.7. The molecular formula is C29H30N4O9. The molecule has 0 spiro atoms. The second-order valence-electron chi connectivity index (χ2n) is 9.00. The Morgan fingerprint density at radius 2 is 1.95 bits per heavy atom. The van der Waals surface area contributed by atoms with Gasteiger partial charge in [-0.25, -0.2) is 14.4 Å². The molecule has 0 saturated heterocycles. The number of nitrogens with one attached hydrogen (secondary N) is 3. The van der Waals surface area contributed by atoms with E-state index in [2.05, 4.69) is 21.2 Å². The summed E-state index contributed by atoms with van der Waals surface area (Å²) in [5, 5.41) is 28.8. The van der Waals surface area contributed by atoms with Crippen molar-refractivity contribution in [3.8, 4) is 22.8 Å². The Kier molecular flexibility index (Phi) is 9.45. The third-order valence-electron chi connectivity index (χ3n) is 6.11. The van der Waals surface area contributed by atoms with Gasteiger partial charge in [0, 0.05) is 11.3 Å². The van der Waals surface area contributed by atoms with Crippen LogP contribution < -0.4 is 25.5 Å². The molecule has 1 aromatic heterocycles. The van der Waals surface area contributed by atoms with Crippen LogP contribution in [0.15, 0.2) is 75.4 Å². The predicted molar refractivity (Wildman–Crippen MR) is 150 cm³/mol. The minimum atomic E-state index is -1.20. The van der Waals surface area contributed by atoms with Crippen LogP contribution in [0.5, 0.6) is 11.5 Å². The maximum absolute atomic E-state index is 12.4. The minimum absolute atomic E-state index is 0.141. The number of aliphatic hydroxyl groups is 1. The lowest BCUT2D eigenvalue weighted by molar-refractivity contribution is -0.136. The number of hydrogen-bond donors (Lipinski definition) is 5. The van der Waals surface area contributed by atoms with E-state index in [1.165, 1.54) is 25.5 Å². The Hall–Kier alpha value is -5.30. The van der Waals surface area contributed by atoms with Gasteiger partial charge >= 0.3 is 18.0 Å². The molecule has 13 nitrogen and oxygen atoms in total. The van der Waals surface area contributed by atoms with E-state index < -0.39 is 30.2 Å². The molecule has 220 valence electrons. The summed E-state index contributed by atoms with van der Waals surface area (Å²) in [6.45, 7) is 3.52. The van der Waals surface area contributed by atoms with E-state index in [1.807, 2.05) is 0 Å². The van der Waals surface area contributed by atoms with Crippen LogP contribution in [0, 0.1) is 0 Å². The van der Waals surface area contributed by atoms with Gasteiger partial charge in [-0.2, -0.15) is 5.10 Å². The van der Waals surface area contributed by atoms with Crippen molar-refractivity contribution in [1.82, 2.24) is 16.1 Å². The Balaban J connectivity index is 1.39. The molecule has 42 heavy (non-hydrogen) atoms. The highest BCUT2D eigenvalue weighted by Crippen LogP contribution is 2.35. The molecule has 0 saturated carbocycles. The van der Waals surface area contributed by atoms with Gasteiger partial charge in [0.1, 0.15) is 18.1 Å². The third kappa shape index (κ3) is 7.06. The summed E-state index contributed by atoms with van der Waals surface area (Å²) in [5.74, 6) is -0.119. The van der Waals surface area contributed by atoms with E-state index >= 15 is 0 Å². The number of allylic oxidation sites excluding steroid dienone is 1. The third-order valence-corrected chi connectivity index (χ3v) is 6.11. The fourth-order valence-corrected chi connectivity index (χ4v) is 4.19. The summed E-state index contributed by atoms with van der Waals surface area (Å²) in [5.41, 5.74) is 4.47. The van der Waals surface area contributed by atoms with Gasteiger partial charge in [-0.3, -0.25) is 5.43 Å². The zero-order valence-electron chi connectivity index (χ0n) is 23.0. The van der Waals surface area contributed by atoms with Crippen molar-refractivity contribution in [2.24, 2.45) is 5.10 Å². The fraction of sp³-hybridized carbons (Fsp3) is 0.241. The fourth-order valence-electron chi connectivity index (χ4n) is 4.19. The van der Waals surface area contributed by atoms with Gasteiger partial charge in [-0.1, -0.05) is 18.2 Å². The lowest BCUT2D eigenvalue weighted by Gasteiger charge is -2.28. The number of carbonyl (C=O) groups is 3. The van der Waals surface area contributed by atoms with Crippen LogP contribution in [0.25, 0.3) is 11.3 Å². The number of carboxylic acids is 1. The van der Waals surface area contributed by atoms with E-state index in [1.54, 1.807) is 56.3 Å². The van der Waals surface area contributed by atoms with Crippen LogP contribution >= 0.6 is 0 Å². The molecule has 0 fully saturated rings. The lowest BCUT2D eigenvalue weighted by Crippen LogP contribution is -2.45. The van der Waals surface area contributed by atoms with Crippen molar-refractivity contribution in [2.75, 3.05) is 20.3 Å². The number of benzene rings is 2. The van der Waals surface area contributed by atoms with Crippen LogP contribution in [0.1, 0.15) is 41.6 Å². The summed E-state index contributed by atoms with van der Waals surface area (Å²) in [4.78, 5) is 35.7. The molecule has 13 heteroatoms. The molecule has 5 N–H and O–H groups in total. The summed E-state index contributed by atoms with van der Waals surface area (Å²) in [6, 6.07) is 13.4. The topological polar surface area (TPSA) is 181 Å². The monoisotopic (exact) mass is 578 g/mol. The van der Waals surface area contributed by atoms with Gasteiger partial charge in [0.2, 0.25) is 0 Å². The number of amides is 2. The zero-order valence-corrected chi connectivity index (χ0v) is 23.0. The maximum Gasteiger partial charge on any atom is 0.337 e. The molecular weight excluding hydrogens is 548 g/mol. The molecule has 2 aromatic carbocycles. The van der Waals surface area contributed by atoms with Crippen LogP contribution in [0.3, 0.4) is 0 Å². The molecule has 1 aliphatic rings. The summed E-state index contributed by atoms with van der Waals surface area (Å²) < 4.78 is 22.0. The highest BCUT2D eigenvalue weighted by atomic mass is 16.5. The van der Waals surface area contributed by atoms with Crippen molar-refractivity contribution >= 4 is 24.2 Å². The number of hydrogen-bond acceptors (Lipinski definition) is 10. The van der Waals surface area contributed by atoms with Gasteiger partial charge < -0.3 is 39.5 Å². The number of furan rings is 1. The molecule has 0 aliphatic carbocycles. The predicted octanol–water partition coefficient (Wildman–Crippen LogP) is 3.17. The van der Waals surface area contributed by atoms with Gasteiger partial charge in [0.15, 0.2) is 17.7 Å². The largest absolute Gasteiger partial charge is 0.490 e. The van der Waals surface area contributed by atoms with Crippen LogP contribution in [-0.2, 0) is 9.53 Å². The molecule has 4 rings (SSSR count). The smallest absolute Gasteiger partial charge is 0.337 e. The Morgan fingerprint density at radius 3 is 2.69 bits per heavy atom. The van der Waals surface area contributed by atoms with E-state index in [0.29, 0.717) is 46.5 Å². The molecule has 0 radical (unpaired) electrons. The molecule has 1 aliphatic heterocycles. The number of carboxylic acid groups (broad SMARTS) is 1. The normalized spacial score (nSPS) is 15.5. The maximum atomic E-state index is 12.4. The number of aliphatic hydroxyl groups excluding tert-OH is 1. The van der Waals surface area contributed by atoms with E-state index in [9.17, 15) is 24.6 Å². The van der Waals surface area contributed by atoms with E-state index in [0.717, 1.165) is 0 Å². The number of rotatable bonds is 12. The number of nitrogens with zero attached hydrogens (tertiary/aromatic N) is 1. The van der Waals surface area contributed by atoms with Crippen molar-refractivity contribution in [2.45, 2.75) is 26.1 Å². The van der Waals surface area contributed by atoms with Crippen molar-refractivity contribution < 1.29 is 43.2 Å². The first-order chi connectivity index (χ1) is 20.2. The highest BCUT2D eigenvalue weighted by Gasteiger charge is 2.32. The number of aromatic carboxylic acids is 1. The number of esters is 1. The first-order valence-corrected chi connectivity index (χ1v) is 12.9. The molecule has 2 heterocycles. The summed E-state index contributed by atoms with van der Waals surface area (Å²) in [6.07, 6.45) is 0.160. The summed E-state index contributed by atoms with van der Waals surface area (Å²) >= 11 is 0. The Morgan fingerprint density at radius 1 is 1.14 bits per heavy atom. The Bertz CT molecular complexity index is 1530. The molecule has 2 atom stereocenters. The van der Waals surface area contributed by atoms with E-state index in [4.69, 9.17) is 18.6 Å². The van der Waals surface area contributed by atoms with Crippen LogP contribution in [-0.4, -0.2) is 60.9 Å². The highest BCUT2D eigenvalue weighted by molar-refractivity contribution is 5.95. The SMILES string of the molecule is CCOc1cc([C@@H]2NC(=O)NC(C)=C2C(=O)OC)ccc1OC[C@@H](O)N/N=C/c1ccc(-c2cccc(C(=O)O)c2)o1. The van der Waals surface area contributed by atoms with Crippen molar-refractivity contribution in [1.29, 1.82) is 0 Å². The number of urea groups is 1. The number of methoxy groups -OCH3 is 1. The number of carbonyl (C=O) groups excluding carboxylic acids is 2.